The lowest BCUT2D eigenvalue weighted by Crippen LogP contribution is -2.47. The summed E-state index contributed by atoms with van der Waals surface area (Å²) in [5.74, 6) is 3.03. The van der Waals surface area contributed by atoms with Crippen molar-refractivity contribution in [3.63, 3.8) is 0 Å². The van der Waals surface area contributed by atoms with Crippen molar-refractivity contribution in [2.75, 3.05) is 6.61 Å². The van der Waals surface area contributed by atoms with Gasteiger partial charge in [-0.1, -0.05) is 84.1 Å². The van der Waals surface area contributed by atoms with Crippen molar-refractivity contribution in [1.82, 2.24) is 0 Å². The van der Waals surface area contributed by atoms with Crippen molar-refractivity contribution in [3.8, 4) is 5.75 Å². The van der Waals surface area contributed by atoms with Gasteiger partial charge in [0.25, 0.3) is 0 Å². The maximum absolute atomic E-state index is 12.4. The van der Waals surface area contributed by atoms with Crippen LogP contribution in [0, 0.1) is 29.1 Å². The number of hydrogen-bond acceptors (Lipinski definition) is 4. The van der Waals surface area contributed by atoms with Crippen LogP contribution in [0.5, 0.6) is 5.75 Å². The first-order valence-electron chi connectivity index (χ1n) is 17.1. The number of aromatic hydroxyl groups is 1. The molecule has 4 rings (SSSR count). The summed E-state index contributed by atoms with van der Waals surface area (Å²) >= 11 is 0. The van der Waals surface area contributed by atoms with E-state index in [2.05, 4.69) is 19.9 Å². The van der Waals surface area contributed by atoms with Crippen molar-refractivity contribution in [2.24, 2.45) is 29.1 Å². The van der Waals surface area contributed by atoms with E-state index in [-0.39, 0.29) is 23.4 Å². The number of carbonyl (C=O) groups excluding carboxylic acids is 1. The van der Waals surface area contributed by atoms with Gasteiger partial charge in [0.1, 0.15) is 5.75 Å². The Morgan fingerprint density at radius 3 is 2.40 bits per heavy atom. The van der Waals surface area contributed by atoms with Crippen LogP contribution >= 0.6 is 0 Å². The van der Waals surface area contributed by atoms with Gasteiger partial charge in [-0.05, 0) is 111 Å². The molecule has 4 nitrogen and oxygen atoms in total. The number of aliphatic hydroxyl groups is 1. The minimum Gasteiger partial charge on any atom is -0.508 e. The fourth-order valence-electron chi connectivity index (χ4n) is 9.09. The zero-order valence-electron chi connectivity index (χ0n) is 25.8. The van der Waals surface area contributed by atoms with Gasteiger partial charge < -0.3 is 14.9 Å². The van der Waals surface area contributed by atoms with Crippen LogP contribution in [0.25, 0.3) is 0 Å². The number of fused-ring (bicyclic) bond motifs is 5. The molecule has 0 bridgehead atoms. The Bertz CT molecular complexity index is 927. The van der Waals surface area contributed by atoms with Crippen molar-refractivity contribution in [1.29, 1.82) is 0 Å². The maximum Gasteiger partial charge on any atom is 0.308 e. The summed E-state index contributed by atoms with van der Waals surface area (Å²) in [5.41, 5.74) is 2.93. The molecule has 3 aliphatic rings. The molecule has 3 aliphatic carbocycles. The van der Waals surface area contributed by atoms with E-state index in [1.807, 2.05) is 19.1 Å². The van der Waals surface area contributed by atoms with Crippen LogP contribution in [0.4, 0.5) is 0 Å². The highest BCUT2D eigenvalue weighted by molar-refractivity contribution is 5.72. The molecule has 40 heavy (non-hydrogen) atoms. The Hall–Kier alpha value is -1.55. The van der Waals surface area contributed by atoms with E-state index in [1.54, 1.807) is 0 Å². The van der Waals surface area contributed by atoms with Crippen molar-refractivity contribution in [2.45, 2.75) is 148 Å². The molecule has 0 radical (unpaired) electrons. The summed E-state index contributed by atoms with van der Waals surface area (Å²) in [6.45, 7) is 7.01. The fraction of sp³-hybridized carbons (Fsp3) is 0.806. The monoisotopic (exact) mass is 554 g/mol. The van der Waals surface area contributed by atoms with Crippen LogP contribution in [-0.2, 0) is 16.0 Å². The van der Waals surface area contributed by atoms with Crippen LogP contribution in [0.3, 0.4) is 0 Å². The molecule has 2 fully saturated rings. The number of esters is 1. The Morgan fingerprint density at radius 2 is 1.68 bits per heavy atom. The molecule has 0 aliphatic heterocycles. The predicted octanol–water partition coefficient (Wildman–Crippen LogP) is 9.11. The van der Waals surface area contributed by atoms with Gasteiger partial charge in [0.05, 0.1) is 18.6 Å². The number of ether oxygens (including phenoxy) is 1. The number of benzene rings is 1. The number of aryl methyl sites for hydroxylation is 1. The predicted molar refractivity (Wildman–Crippen MR) is 163 cm³/mol. The summed E-state index contributed by atoms with van der Waals surface area (Å²) in [6, 6.07) is 6.13. The van der Waals surface area contributed by atoms with E-state index in [0.29, 0.717) is 36.0 Å². The molecule has 226 valence electrons. The Balaban J connectivity index is 1.24. The molecular weight excluding hydrogens is 496 g/mol. The van der Waals surface area contributed by atoms with Crippen LogP contribution in [0.15, 0.2) is 18.2 Å². The summed E-state index contributed by atoms with van der Waals surface area (Å²) in [5, 5.41) is 21.1. The minimum atomic E-state index is -0.146. The Labute approximate surface area is 244 Å². The third-order valence-corrected chi connectivity index (χ3v) is 11.2. The number of unbranched alkanes of at least 4 members (excludes halogenated alkanes) is 8. The van der Waals surface area contributed by atoms with Gasteiger partial charge >= 0.3 is 5.97 Å². The van der Waals surface area contributed by atoms with E-state index in [0.717, 1.165) is 44.9 Å². The molecule has 0 amide bonds. The molecule has 2 N–H and O–H groups in total. The van der Waals surface area contributed by atoms with Gasteiger partial charge in [-0.3, -0.25) is 4.79 Å². The summed E-state index contributed by atoms with van der Waals surface area (Å²) < 4.78 is 5.37. The van der Waals surface area contributed by atoms with Crippen LogP contribution < -0.4 is 0 Å². The quantitative estimate of drug-likeness (QED) is 0.158. The summed E-state index contributed by atoms with van der Waals surface area (Å²) in [6.07, 6.45) is 20.9. The SMILES string of the molecule is CCCCCCC(CCCCCCCCC1CC2(C)C(O)CCC2C2CCc3cc(O)ccc3C12)C(=O)OCC. The smallest absolute Gasteiger partial charge is 0.308 e. The van der Waals surface area contributed by atoms with Gasteiger partial charge in [-0.15, -0.1) is 0 Å². The van der Waals surface area contributed by atoms with E-state index in [9.17, 15) is 15.0 Å². The summed E-state index contributed by atoms with van der Waals surface area (Å²) in [7, 11) is 0. The average Bonchev–Trinajstić information content (AvgIpc) is 3.24. The van der Waals surface area contributed by atoms with Crippen molar-refractivity contribution in [3.05, 3.63) is 29.3 Å². The zero-order chi connectivity index (χ0) is 28.5. The highest BCUT2D eigenvalue weighted by atomic mass is 16.5. The Kier molecular flexibility index (Phi) is 11.8. The van der Waals surface area contributed by atoms with Crippen molar-refractivity contribution >= 4 is 5.97 Å². The molecule has 0 aromatic heterocycles. The van der Waals surface area contributed by atoms with E-state index in [1.165, 1.54) is 81.8 Å². The molecule has 0 saturated heterocycles. The van der Waals surface area contributed by atoms with E-state index in [4.69, 9.17) is 4.74 Å². The average molecular weight is 555 g/mol. The molecular formula is C36H58O4. The highest BCUT2D eigenvalue weighted by Gasteiger charge is 2.57. The number of phenols is 1. The number of phenolic OH excluding ortho intramolecular Hbond substituents is 1. The topological polar surface area (TPSA) is 66.8 Å². The van der Waals surface area contributed by atoms with E-state index < -0.39 is 0 Å². The van der Waals surface area contributed by atoms with Gasteiger partial charge in [0, 0.05) is 0 Å². The lowest BCUT2D eigenvalue weighted by Gasteiger charge is -2.54. The van der Waals surface area contributed by atoms with Gasteiger partial charge in [-0.25, -0.2) is 0 Å². The second-order valence-electron chi connectivity index (χ2n) is 13.8. The molecule has 4 heteroatoms. The first-order valence-corrected chi connectivity index (χ1v) is 17.1. The number of aliphatic hydroxyl groups excluding tert-OH is 1. The van der Waals surface area contributed by atoms with Crippen LogP contribution in [-0.4, -0.2) is 28.9 Å². The maximum atomic E-state index is 12.4. The largest absolute Gasteiger partial charge is 0.508 e. The third kappa shape index (κ3) is 7.44. The number of rotatable bonds is 16. The molecule has 2 saturated carbocycles. The standard InChI is InChI=1S/C36H58O4/c1-4-6-7-12-15-26(35(39)40-5-2)16-13-10-8-9-11-14-17-28-25-36(3)32(22-23-33(36)38)31-20-18-27-24-29(37)19-21-30(27)34(28)31/h19,21,24,26,28,31-34,37-38H,4-18,20,22-23,25H2,1-3H3. The van der Waals surface area contributed by atoms with Gasteiger partial charge in [0.2, 0.25) is 0 Å². The normalized spacial score (nSPS) is 29.9. The number of hydrogen-bond donors (Lipinski definition) is 2. The van der Waals surface area contributed by atoms with Gasteiger partial charge in [-0.2, -0.15) is 0 Å². The second-order valence-corrected chi connectivity index (χ2v) is 13.8. The molecule has 0 heterocycles. The first kappa shape index (κ1) is 31.4. The zero-order valence-corrected chi connectivity index (χ0v) is 25.8. The fourth-order valence-corrected chi connectivity index (χ4v) is 9.09. The molecule has 1 aromatic carbocycles. The Morgan fingerprint density at radius 1 is 0.975 bits per heavy atom. The third-order valence-electron chi connectivity index (χ3n) is 11.2. The molecule has 1 aromatic rings. The molecule has 7 unspecified atom stereocenters. The van der Waals surface area contributed by atoms with Gasteiger partial charge in [0.15, 0.2) is 0 Å². The molecule has 0 spiro atoms. The minimum absolute atomic E-state index is 0.0209. The second kappa shape index (κ2) is 15.1. The highest BCUT2D eigenvalue weighted by Crippen LogP contribution is 2.63. The summed E-state index contributed by atoms with van der Waals surface area (Å²) in [4.78, 5) is 12.4. The van der Waals surface area contributed by atoms with Crippen LogP contribution in [0.1, 0.15) is 147 Å². The lowest BCUT2D eigenvalue weighted by molar-refractivity contribution is -0.148. The first-order chi connectivity index (χ1) is 19.4. The number of carbonyl (C=O) groups is 1. The molecule has 7 atom stereocenters. The van der Waals surface area contributed by atoms with E-state index >= 15 is 0 Å². The van der Waals surface area contributed by atoms with Crippen molar-refractivity contribution < 1.29 is 19.7 Å². The lowest BCUT2D eigenvalue weighted by atomic mass is 9.51. The van der Waals surface area contributed by atoms with Crippen LogP contribution in [0.2, 0.25) is 0 Å².